The largest absolute Gasteiger partial charge is 0.325 e. The van der Waals surface area contributed by atoms with Crippen LogP contribution >= 0.6 is 0 Å². The molecule has 6 nitrogen and oxygen atoms in total. The van der Waals surface area contributed by atoms with Gasteiger partial charge in [0, 0.05) is 16.6 Å². The van der Waals surface area contributed by atoms with E-state index >= 15 is 0 Å². The van der Waals surface area contributed by atoms with Crippen molar-refractivity contribution >= 4 is 43.9 Å². The van der Waals surface area contributed by atoms with Crippen LogP contribution in [0.2, 0.25) is 0 Å². The molecular formula is C36H29FN4O2S. The fourth-order valence-electron chi connectivity index (χ4n) is 4.81. The molecule has 218 valence electrons. The number of halogens is 1. The number of sulfonamides is 1. The number of rotatable bonds is 6. The van der Waals surface area contributed by atoms with E-state index in [-0.39, 0.29) is 10.9 Å². The van der Waals surface area contributed by atoms with Gasteiger partial charge in [-0.25, -0.2) is 9.37 Å². The third-order valence-electron chi connectivity index (χ3n) is 7.12. The molecule has 0 bridgehead atoms. The van der Waals surface area contributed by atoms with Crippen LogP contribution in [0.3, 0.4) is 0 Å². The lowest BCUT2D eigenvalue weighted by atomic mass is 10.0. The number of anilines is 3. The molecule has 0 radical (unpaired) electrons. The second-order valence-corrected chi connectivity index (χ2v) is 12.0. The molecule has 1 heterocycles. The molecule has 5 aromatic carbocycles. The predicted octanol–water partition coefficient (Wildman–Crippen LogP) is 8.65. The van der Waals surface area contributed by atoms with E-state index in [0.717, 1.165) is 22.1 Å². The molecule has 1 aromatic heterocycles. The quantitative estimate of drug-likeness (QED) is 0.153. The van der Waals surface area contributed by atoms with E-state index in [9.17, 15) is 12.8 Å². The van der Waals surface area contributed by atoms with Gasteiger partial charge < -0.3 is 5.32 Å². The molecular weight excluding hydrogens is 571 g/mol. The van der Waals surface area contributed by atoms with E-state index < -0.39 is 15.8 Å². The van der Waals surface area contributed by atoms with Gasteiger partial charge in [-0.3, -0.25) is 4.90 Å². The molecule has 0 spiro atoms. The van der Waals surface area contributed by atoms with Gasteiger partial charge in [0.15, 0.2) is 0 Å². The minimum Gasteiger partial charge on any atom is -0.325 e. The van der Waals surface area contributed by atoms with Gasteiger partial charge in [0.2, 0.25) is 5.96 Å². The number of nitrogens with one attached hydrogen (secondary N) is 1. The first-order valence-corrected chi connectivity index (χ1v) is 15.5. The summed E-state index contributed by atoms with van der Waals surface area (Å²) in [4.78, 5) is 6.70. The highest BCUT2D eigenvalue weighted by molar-refractivity contribution is 7.90. The van der Waals surface area contributed by atoms with Crippen LogP contribution in [0.15, 0.2) is 143 Å². The zero-order chi connectivity index (χ0) is 30.7. The van der Waals surface area contributed by atoms with E-state index in [4.69, 9.17) is 4.98 Å². The van der Waals surface area contributed by atoms with Gasteiger partial charge in [0.1, 0.15) is 11.6 Å². The molecule has 0 aliphatic carbocycles. The van der Waals surface area contributed by atoms with Crippen molar-refractivity contribution < 1.29 is 12.8 Å². The van der Waals surface area contributed by atoms with Crippen LogP contribution in [0.5, 0.6) is 0 Å². The summed E-state index contributed by atoms with van der Waals surface area (Å²) in [6.07, 6.45) is 0. The van der Waals surface area contributed by atoms with Crippen LogP contribution < -0.4 is 10.2 Å². The molecule has 0 unspecified atom stereocenters. The van der Waals surface area contributed by atoms with Crippen molar-refractivity contribution in [2.45, 2.75) is 18.7 Å². The van der Waals surface area contributed by atoms with Crippen LogP contribution in [0.4, 0.5) is 21.6 Å². The lowest BCUT2D eigenvalue weighted by Crippen LogP contribution is -2.34. The minimum atomic E-state index is -4.20. The Balaban J connectivity index is 1.65. The van der Waals surface area contributed by atoms with Crippen LogP contribution in [0, 0.1) is 19.7 Å². The molecule has 0 saturated carbocycles. The third kappa shape index (κ3) is 6.21. The average molecular weight is 601 g/mol. The van der Waals surface area contributed by atoms with Gasteiger partial charge in [-0.05, 0) is 73.8 Å². The maximum atomic E-state index is 14.8. The lowest BCUT2D eigenvalue weighted by Gasteiger charge is -2.27. The second kappa shape index (κ2) is 12.1. The predicted molar refractivity (Wildman–Crippen MR) is 176 cm³/mol. The molecule has 0 fully saturated rings. The highest BCUT2D eigenvalue weighted by Crippen LogP contribution is 2.35. The maximum Gasteiger partial charge on any atom is 0.285 e. The molecule has 0 aliphatic rings. The number of fused-ring (bicyclic) bond motifs is 1. The Kier molecular flexibility index (Phi) is 7.91. The van der Waals surface area contributed by atoms with E-state index in [1.807, 2.05) is 105 Å². The number of aromatic nitrogens is 1. The number of aryl methyl sites for hydroxylation is 2. The number of hydrogen-bond acceptors (Lipinski definition) is 3. The summed E-state index contributed by atoms with van der Waals surface area (Å²) in [5.41, 5.74) is 4.71. The molecule has 8 heteroatoms. The van der Waals surface area contributed by atoms with Gasteiger partial charge in [-0.2, -0.15) is 8.42 Å². The highest BCUT2D eigenvalue weighted by Gasteiger charge is 2.25. The standard InChI is InChI=1S/C36H29FN4O2S/c1-25-13-17-27(18-14-25)34-23-28-19-20-29(37)24-33(28)35(39-34)41(31-11-7-4-8-12-31)36(38-30-9-5-3-6-10-30)40-44(42,43)32-21-15-26(2)16-22-32/h3-24H,1-2H3,(H,38,40). The van der Waals surface area contributed by atoms with Crippen LogP contribution in [0.25, 0.3) is 22.0 Å². The summed E-state index contributed by atoms with van der Waals surface area (Å²) >= 11 is 0. The van der Waals surface area contributed by atoms with Gasteiger partial charge in [-0.15, -0.1) is 4.40 Å². The first-order valence-electron chi connectivity index (χ1n) is 14.0. The van der Waals surface area contributed by atoms with Crippen LogP contribution in [-0.4, -0.2) is 19.4 Å². The van der Waals surface area contributed by atoms with Crippen molar-refractivity contribution in [2.75, 3.05) is 10.2 Å². The SMILES string of the molecule is Cc1ccc(-c2cc3ccc(F)cc3c(N(/C(=N/S(=O)(=O)c3ccc(C)cc3)Nc3ccccc3)c3ccccc3)n2)cc1. The van der Waals surface area contributed by atoms with Crippen LogP contribution in [-0.2, 0) is 10.0 Å². The molecule has 6 rings (SSSR count). The first-order chi connectivity index (χ1) is 21.3. The number of para-hydroxylation sites is 2. The van der Waals surface area contributed by atoms with Crippen molar-refractivity contribution in [1.29, 1.82) is 0 Å². The molecule has 0 atom stereocenters. The zero-order valence-corrected chi connectivity index (χ0v) is 25.0. The normalized spacial score (nSPS) is 11.8. The van der Waals surface area contributed by atoms with Gasteiger partial charge in [0.05, 0.1) is 16.3 Å². The average Bonchev–Trinajstić information content (AvgIpc) is 3.02. The van der Waals surface area contributed by atoms with Gasteiger partial charge in [0.25, 0.3) is 10.0 Å². The van der Waals surface area contributed by atoms with E-state index in [1.54, 1.807) is 23.1 Å². The van der Waals surface area contributed by atoms with Crippen molar-refractivity contribution in [3.63, 3.8) is 0 Å². The monoisotopic (exact) mass is 600 g/mol. The number of guanidine groups is 1. The Labute approximate surface area is 256 Å². The Morgan fingerprint density at radius 2 is 1.36 bits per heavy atom. The summed E-state index contributed by atoms with van der Waals surface area (Å²) in [6.45, 7) is 3.89. The van der Waals surface area contributed by atoms with Crippen molar-refractivity contribution in [3.05, 3.63) is 150 Å². The first kappa shape index (κ1) is 28.8. The van der Waals surface area contributed by atoms with Gasteiger partial charge in [-0.1, -0.05) is 90.0 Å². The lowest BCUT2D eigenvalue weighted by molar-refractivity contribution is 0.598. The maximum absolute atomic E-state index is 14.8. The summed E-state index contributed by atoms with van der Waals surface area (Å²) in [6, 6.07) is 39.2. The highest BCUT2D eigenvalue weighted by atomic mass is 32.2. The summed E-state index contributed by atoms with van der Waals surface area (Å²) in [7, 11) is -4.20. The van der Waals surface area contributed by atoms with E-state index in [0.29, 0.717) is 28.3 Å². The topological polar surface area (TPSA) is 74.7 Å². The number of hydrogen-bond donors (Lipinski definition) is 1. The fourth-order valence-corrected chi connectivity index (χ4v) is 5.75. The number of benzene rings is 5. The molecule has 0 saturated heterocycles. The Hall–Kier alpha value is -5.34. The minimum absolute atomic E-state index is 0.0258. The third-order valence-corrected chi connectivity index (χ3v) is 8.40. The molecule has 1 N–H and O–H groups in total. The molecule has 0 amide bonds. The number of pyridine rings is 1. The molecule has 6 aromatic rings. The van der Waals surface area contributed by atoms with Gasteiger partial charge >= 0.3 is 0 Å². The summed E-state index contributed by atoms with van der Waals surface area (Å²) in [5.74, 6) is -0.161. The Morgan fingerprint density at radius 1 is 0.750 bits per heavy atom. The Morgan fingerprint density at radius 3 is 2.02 bits per heavy atom. The summed E-state index contributed by atoms with van der Waals surface area (Å²) < 4.78 is 46.8. The smallest absolute Gasteiger partial charge is 0.285 e. The fraction of sp³-hybridized carbons (Fsp3) is 0.0556. The molecule has 0 aliphatic heterocycles. The summed E-state index contributed by atoms with van der Waals surface area (Å²) in [5, 5.41) is 4.44. The van der Waals surface area contributed by atoms with Crippen molar-refractivity contribution in [3.8, 4) is 11.3 Å². The second-order valence-electron chi connectivity index (χ2n) is 10.4. The van der Waals surface area contributed by atoms with Crippen molar-refractivity contribution in [1.82, 2.24) is 4.98 Å². The zero-order valence-electron chi connectivity index (χ0n) is 24.1. The Bertz CT molecular complexity index is 2070. The van der Waals surface area contributed by atoms with Crippen LogP contribution in [0.1, 0.15) is 11.1 Å². The van der Waals surface area contributed by atoms with E-state index in [2.05, 4.69) is 9.71 Å². The van der Waals surface area contributed by atoms with Crippen molar-refractivity contribution in [2.24, 2.45) is 4.40 Å². The van der Waals surface area contributed by atoms with E-state index in [1.165, 1.54) is 24.3 Å². The molecule has 44 heavy (non-hydrogen) atoms. The number of nitrogens with zero attached hydrogens (tertiary/aromatic N) is 3.